The highest BCUT2D eigenvalue weighted by Crippen LogP contribution is 2.25. The SMILES string of the molecule is CCC1=C(\Cl)CCC=C(C(=O)Nc2nc3c([nH]2)/C=C/OC(F)(F)O/C=C/3)/C=C\1. The maximum Gasteiger partial charge on any atom is 0.584 e. The summed E-state index contributed by atoms with van der Waals surface area (Å²) in [4.78, 5) is 19.6. The molecule has 2 aliphatic rings. The summed E-state index contributed by atoms with van der Waals surface area (Å²) in [6, 6.07) is 0. The van der Waals surface area contributed by atoms with Gasteiger partial charge in [0.2, 0.25) is 5.95 Å². The number of ether oxygens (including phenoxy) is 2. The van der Waals surface area contributed by atoms with Gasteiger partial charge in [0.1, 0.15) is 0 Å². The predicted molar refractivity (Wildman–Crippen MR) is 102 cm³/mol. The van der Waals surface area contributed by atoms with Gasteiger partial charge in [-0.1, -0.05) is 30.7 Å². The molecule has 9 heteroatoms. The highest BCUT2D eigenvalue weighted by Gasteiger charge is 2.32. The molecule has 0 saturated carbocycles. The average molecular weight is 410 g/mol. The fourth-order valence-corrected chi connectivity index (χ4v) is 2.93. The van der Waals surface area contributed by atoms with Crippen molar-refractivity contribution in [3.8, 4) is 0 Å². The zero-order chi connectivity index (χ0) is 20.1. The lowest BCUT2D eigenvalue weighted by Crippen LogP contribution is -2.19. The van der Waals surface area contributed by atoms with Crippen LogP contribution in [0, 0.1) is 0 Å². The number of fused-ring (bicyclic) bond motifs is 1. The van der Waals surface area contributed by atoms with E-state index >= 15 is 0 Å². The summed E-state index contributed by atoms with van der Waals surface area (Å²) in [6.07, 6.45) is 7.73. The molecule has 3 rings (SSSR count). The molecular formula is C19H18ClF2N3O3. The minimum Gasteiger partial charge on any atom is -0.407 e. The van der Waals surface area contributed by atoms with Gasteiger partial charge in [0.15, 0.2) is 0 Å². The predicted octanol–water partition coefficient (Wildman–Crippen LogP) is 5.07. The normalized spacial score (nSPS) is 24.5. The van der Waals surface area contributed by atoms with Gasteiger partial charge in [-0.25, -0.2) is 4.98 Å². The van der Waals surface area contributed by atoms with Gasteiger partial charge in [0.05, 0.1) is 23.9 Å². The number of aromatic nitrogens is 2. The maximum absolute atomic E-state index is 13.1. The molecular weight excluding hydrogens is 392 g/mol. The van der Waals surface area contributed by atoms with Crippen molar-refractivity contribution in [2.75, 3.05) is 5.32 Å². The maximum atomic E-state index is 13.1. The molecule has 0 fully saturated rings. The molecule has 1 aromatic heterocycles. The van der Waals surface area contributed by atoms with Crippen LogP contribution in [-0.4, -0.2) is 22.2 Å². The van der Waals surface area contributed by atoms with Crippen LogP contribution in [0.25, 0.3) is 12.2 Å². The molecule has 1 aliphatic heterocycles. The van der Waals surface area contributed by atoms with E-state index in [-0.39, 0.29) is 11.9 Å². The van der Waals surface area contributed by atoms with Crippen molar-refractivity contribution in [2.45, 2.75) is 32.5 Å². The number of carbonyl (C=O) groups excluding carboxylic acids is 1. The number of alkyl halides is 2. The van der Waals surface area contributed by atoms with Gasteiger partial charge in [-0.05, 0) is 37.0 Å². The third kappa shape index (κ3) is 4.89. The number of allylic oxidation sites excluding steroid dienone is 4. The van der Waals surface area contributed by atoms with E-state index in [9.17, 15) is 13.6 Å². The number of amides is 1. The lowest BCUT2D eigenvalue weighted by Gasteiger charge is -2.11. The van der Waals surface area contributed by atoms with Crippen LogP contribution in [0.2, 0.25) is 0 Å². The fourth-order valence-electron chi connectivity index (χ4n) is 2.62. The first kappa shape index (κ1) is 19.9. The second-order valence-electron chi connectivity index (χ2n) is 5.96. The van der Waals surface area contributed by atoms with E-state index in [4.69, 9.17) is 11.6 Å². The Labute approximate surface area is 165 Å². The molecule has 0 aromatic carbocycles. The lowest BCUT2D eigenvalue weighted by molar-refractivity contribution is -0.349. The van der Waals surface area contributed by atoms with Crippen LogP contribution in [0.4, 0.5) is 14.7 Å². The zero-order valence-electron chi connectivity index (χ0n) is 15.0. The minimum atomic E-state index is -3.76. The van der Waals surface area contributed by atoms with E-state index in [2.05, 4.69) is 24.8 Å². The number of rotatable bonds is 3. The second kappa shape index (κ2) is 8.43. The minimum absolute atomic E-state index is 0.164. The average Bonchev–Trinajstić information content (AvgIpc) is 3.01. The fraction of sp³-hybridized carbons (Fsp3) is 0.263. The molecule has 148 valence electrons. The van der Waals surface area contributed by atoms with E-state index in [1.54, 1.807) is 12.2 Å². The Morgan fingerprint density at radius 1 is 1.29 bits per heavy atom. The number of anilines is 1. The van der Waals surface area contributed by atoms with Crippen LogP contribution in [0.3, 0.4) is 0 Å². The van der Waals surface area contributed by atoms with Gasteiger partial charge in [0, 0.05) is 16.7 Å². The van der Waals surface area contributed by atoms with E-state index in [0.29, 0.717) is 29.8 Å². The van der Waals surface area contributed by atoms with E-state index in [0.717, 1.165) is 29.6 Å². The van der Waals surface area contributed by atoms with Crippen molar-refractivity contribution in [2.24, 2.45) is 0 Å². The van der Waals surface area contributed by atoms with E-state index in [1.165, 1.54) is 12.2 Å². The van der Waals surface area contributed by atoms with Crippen LogP contribution in [0.15, 0.2) is 46.9 Å². The van der Waals surface area contributed by atoms with Crippen molar-refractivity contribution in [1.82, 2.24) is 9.97 Å². The van der Waals surface area contributed by atoms with Crippen molar-refractivity contribution in [3.63, 3.8) is 0 Å². The third-order valence-corrected chi connectivity index (χ3v) is 4.48. The number of carbonyl (C=O) groups is 1. The Morgan fingerprint density at radius 3 is 2.79 bits per heavy atom. The molecule has 0 unspecified atom stereocenters. The Kier molecular flexibility index (Phi) is 5.99. The van der Waals surface area contributed by atoms with Crippen LogP contribution < -0.4 is 5.32 Å². The van der Waals surface area contributed by atoms with Crippen molar-refractivity contribution < 1.29 is 23.0 Å². The summed E-state index contributed by atoms with van der Waals surface area (Å²) in [7, 11) is 0. The molecule has 1 aromatic rings. The Hall–Kier alpha value is -2.87. The molecule has 1 amide bonds. The van der Waals surface area contributed by atoms with E-state index < -0.39 is 6.29 Å². The Morgan fingerprint density at radius 2 is 2.04 bits per heavy atom. The van der Waals surface area contributed by atoms with Gasteiger partial charge in [-0.3, -0.25) is 10.1 Å². The van der Waals surface area contributed by atoms with E-state index in [1.807, 2.05) is 13.0 Å². The summed E-state index contributed by atoms with van der Waals surface area (Å²) in [5.41, 5.74) is 2.15. The summed E-state index contributed by atoms with van der Waals surface area (Å²) in [5.74, 6) is -0.187. The van der Waals surface area contributed by atoms with Crippen molar-refractivity contribution >= 4 is 35.6 Å². The van der Waals surface area contributed by atoms with Crippen molar-refractivity contribution in [1.29, 1.82) is 0 Å². The summed E-state index contributed by atoms with van der Waals surface area (Å²) >= 11 is 6.23. The molecule has 0 radical (unpaired) electrons. The molecule has 0 bridgehead atoms. The number of imidazole rings is 1. The number of H-pyrrole nitrogens is 1. The topological polar surface area (TPSA) is 76.2 Å². The lowest BCUT2D eigenvalue weighted by atomic mass is 10.0. The molecule has 0 atom stereocenters. The summed E-state index contributed by atoms with van der Waals surface area (Å²) < 4.78 is 34.6. The second-order valence-corrected chi connectivity index (χ2v) is 6.41. The molecule has 28 heavy (non-hydrogen) atoms. The first-order chi connectivity index (χ1) is 13.4. The summed E-state index contributed by atoms with van der Waals surface area (Å²) in [5, 5.41) is 3.46. The molecule has 0 saturated heterocycles. The number of halogens is 3. The Bertz CT molecular complexity index is 878. The highest BCUT2D eigenvalue weighted by molar-refractivity contribution is 6.30. The number of hydrogen-bond acceptors (Lipinski definition) is 4. The molecule has 2 heterocycles. The van der Waals surface area contributed by atoms with Gasteiger partial charge in [0.25, 0.3) is 5.91 Å². The number of nitrogens with one attached hydrogen (secondary N) is 2. The van der Waals surface area contributed by atoms with Crippen LogP contribution >= 0.6 is 11.6 Å². The van der Waals surface area contributed by atoms with Crippen LogP contribution in [0.5, 0.6) is 0 Å². The zero-order valence-corrected chi connectivity index (χ0v) is 15.7. The smallest absolute Gasteiger partial charge is 0.407 e. The number of aromatic amines is 1. The van der Waals surface area contributed by atoms with Gasteiger partial charge in [-0.2, -0.15) is 0 Å². The van der Waals surface area contributed by atoms with Gasteiger partial charge < -0.3 is 14.5 Å². The largest absolute Gasteiger partial charge is 0.584 e. The number of nitrogens with zero attached hydrogens (tertiary/aromatic N) is 1. The van der Waals surface area contributed by atoms with Crippen LogP contribution in [0.1, 0.15) is 37.6 Å². The van der Waals surface area contributed by atoms with Gasteiger partial charge in [-0.15, -0.1) is 8.78 Å². The van der Waals surface area contributed by atoms with Crippen LogP contribution in [-0.2, 0) is 14.3 Å². The van der Waals surface area contributed by atoms with Crippen molar-refractivity contribution in [3.05, 3.63) is 58.3 Å². The first-order valence-electron chi connectivity index (χ1n) is 8.61. The van der Waals surface area contributed by atoms with Gasteiger partial charge >= 0.3 is 6.29 Å². The standard InChI is InChI=1S/C19H18ClF2N3O3/c1-2-12-6-7-13(4-3-5-14(12)20)17(26)25-18-23-15-8-10-27-19(21,22)28-11-9-16(15)24-18/h4,6-11H,2-3,5H2,1H3,(H2,23,24,25,26)/b7-6-,10-8+,11-9+,13-4?,14-12+. The molecule has 0 spiro atoms. The molecule has 1 aliphatic carbocycles. The molecule has 6 nitrogen and oxygen atoms in total. The third-order valence-electron chi connectivity index (χ3n) is 4.05. The first-order valence-corrected chi connectivity index (χ1v) is 8.99. The highest BCUT2D eigenvalue weighted by atomic mass is 35.5. The number of hydrogen-bond donors (Lipinski definition) is 2. The summed E-state index contributed by atoms with van der Waals surface area (Å²) in [6.45, 7) is 2.00. The molecule has 2 N–H and O–H groups in total. The quantitative estimate of drug-likeness (QED) is 0.731. The Balaban J connectivity index is 1.76. The monoisotopic (exact) mass is 409 g/mol.